The minimum Gasteiger partial charge on any atom is -0.384 e. The van der Waals surface area contributed by atoms with Gasteiger partial charge >= 0.3 is 0 Å². The van der Waals surface area contributed by atoms with Gasteiger partial charge < -0.3 is 10.8 Å². The fraction of sp³-hybridized carbons (Fsp3) is 1.00. The highest BCUT2D eigenvalue weighted by Gasteiger charge is 2.33. The van der Waals surface area contributed by atoms with Crippen molar-refractivity contribution in [3.8, 4) is 0 Å². The first kappa shape index (κ1) is 6.47. The summed E-state index contributed by atoms with van der Waals surface area (Å²) in [5.74, 6) is 0. The Morgan fingerprint density at radius 1 is 1.75 bits per heavy atom. The van der Waals surface area contributed by atoms with Crippen LogP contribution in [0.5, 0.6) is 0 Å². The maximum absolute atomic E-state index is 9.30. The van der Waals surface area contributed by atoms with Gasteiger partial charge in [0.05, 0.1) is 5.34 Å². The molecule has 3 atom stereocenters. The lowest BCUT2D eigenvalue weighted by Crippen LogP contribution is -2.37. The predicted octanol–water partition coefficient (Wildman–Crippen LogP) is 0.0613. The predicted molar refractivity (Wildman–Crippen MR) is 36.5 cm³/mol. The van der Waals surface area contributed by atoms with E-state index in [0.717, 1.165) is 19.3 Å². The molecule has 48 valence electrons. The zero-order chi connectivity index (χ0) is 6.20. The van der Waals surface area contributed by atoms with Gasteiger partial charge in [-0.15, -0.1) is 9.24 Å². The molecule has 0 saturated heterocycles. The van der Waals surface area contributed by atoms with Crippen LogP contribution >= 0.6 is 9.24 Å². The van der Waals surface area contributed by atoms with Crippen molar-refractivity contribution in [2.24, 2.45) is 5.73 Å². The molecule has 3 heteroatoms. The molecule has 2 nitrogen and oxygen atoms in total. The normalized spacial score (nSPS) is 47.6. The van der Waals surface area contributed by atoms with Gasteiger partial charge in [0, 0.05) is 6.04 Å². The Morgan fingerprint density at radius 2 is 2.38 bits per heavy atom. The molecule has 0 amide bonds. The van der Waals surface area contributed by atoms with Crippen LogP contribution in [0.1, 0.15) is 19.3 Å². The monoisotopic (exact) mass is 133 g/mol. The van der Waals surface area contributed by atoms with Gasteiger partial charge in [0.15, 0.2) is 0 Å². The first-order valence-electron chi connectivity index (χ1n) is 2.90. The minimum absolute atomic E-state index is 0.0208. The van der Waals surface area contributed by atoms with Crippen molar-refractivity contribution < 1.29 is 5.11 Å². The van der Waals surface area contributed by atoms with E-state index in [2.05, 4.69) is 9.24 Å². The number of hydrogen-bond donors (Lipinski definition) is 2. The minimum atomic E-state index is -0.653. The van der Waals surface area contributed by atoms with Gasteiger partial charge in [-0.1, -0.05) is 0 Å². The second-order valence-electron chi connectivity index (χ2n) is 2.49. The van der Waals surface area contributed by atoms with Crippen LogP contribution in [0.15, 0.2) is 0 Å². The smallest absolute Gasteiger partial charge is 0.0927 e. The van der Waals surface area contributed by atoms with Gasteiger partial charge in [-0.2, -0.15) is 0 Å². The highest BCUT2D eigenvalue weighted by Crippen LogP contribution is 2.33. The quantitative estimate of drug-likeness (QED) is 0.459. The molecule has 0 aromatic heterocycles. The third-order valence-corrected chi connectivity index (χ3v) is 2.45. The van der Waals surface area contributed by atoms with E-state index in [1.807, 2.05) is 0 Å². The molecule has 1 rings (SSSR count). The Balaban J connectivity index is 2.54. The van der Waals surface area contributed by atoms with Crippen LogP contribution < -0.4 is 5.73 Å². The molecule has 0 spiro atoms. The molecule has 1 aliphatic rings. The summed E-state index contributed by atoms with van der Waals surface area (Å²) in [6, 6.07) is -0.0208. The molecule has 0 aliphatic heterocycles. The molecule has 0 bridgehead atoms. The Hall–Kier alpha value is 0.350. The van der Waals surface area contributed by atoms with Gasteiger partial charge in [-0.05, 0) is 19.3 Å². The van der Waals surface area contributed by atoms with Crippen molar-refractivity contribution in [1.82, 2.24) is 0 Å². The molecule has 1 saturated carbocycles. The number of hydrogen-bond acceptors (Lipinski definition) is 2. The molecule has 1 fully saturated rings. The zero-order valence-electron chi connectivity index (χ0n) is 4.80. The summed E-state index contributed by atoms with van der Waals surface area (Å²) < 4.78 is 0. The van der Waals surface area contributed by atoms with Crippen LogP contribution in [0.4, 0.5) is 0 Å². The van der Waals surface area contributed by atoms with Crippen LogP contribution in [-0.4, -0.2) is 16.5 Å². The van der Waals surface area contributed by atoms with Crippen molar-refractivity contribution in [2.75, 3.05) is 0 Å². The van der Waals surface area contributed by atoms with Crippen molar-refractivity contribution in [3.05, 3.63) is 0 Å². The molecule has 0 aromatic carbocycles. The molecule has 3 unspecified atom stereocenters. The Bertz CT molecular complexity index is 94.4. The molecule has 3 N–H and O–H groups in total. The fourth-order valence-electron chi connectivity index (χ4n) is 1.04. The standard InChI is InChI=1S/C5H12NOP/c6-4-2-1-3-5(4,7)8/h4,7H,1-3,6,8H2. The van der Waals surface area contributed by atoms with E-state index in [-0.39, 0.29) is 6.04 Å². The topological polar surface area (TPSA) is 46.2 Å². The van der Waals surface area contributed by atoms with E-state index in [4.69, 9.17) is 5.73 Å². The Kier molecular flexibility index (Phi) is 1.57. The highest BCUT2D eigenvalue weighted by molar-refractivity contribution is 7.18. The van der Waals surface area contributed by atoms with Crippen LogP contribution in [0.25, 0.3) is 0 Å². The van der Waals surface area contributed by atoms with Crippen LogP contribution in [0, 0.1) is 0 Å². The maximum Gasteiger partial charge on any atom is 0.0927 e. The molecule has 0 radical (unpaired) electrons. The SMILES string of the molecule is NC1CCCC1(O)P. The van der Waals surface area contributed by atoms with E-state index in [0.29, 0.717) is 0 Å². The third kappa shape index (κ3) is 1.02. The third-order valence-electron chi connectivity index (χ3n) is 1.73. The van der Waals surface area contributed by atoms with Crippen molar-refractivity contribution in [3.63, 3.8) is 0 Å². The summed E-state index contributed by atoms with van der Waals surface area (Å²) in [5.41, 5.74) is 5.54. The van der Waals surface area contributed by atoms with Crippen LogP contribution in [0.2, 0.25) is 0 Å². The molecule has 0 heterocycles. The lowest BCUT2D eigenvalue weighted by Gasteiger charge is -2.20. The molecular weight excluding hydrogens is 121 g/mol. The average molecular weight is 133 g/mol. The van der Waals surface area contributed by atoms with Gasteiger partial charge in [-0.25, -0.2) is 0 Å². The molecule has 0 aromatic rings. The zero-order valence-corrected chi connectivity index (χ0v) is 5.96. The van der Waals surface area contributed by atoms with Crippen molar-refractivity contribution >= 4 is 9.24 Å². The first-order chi connectivity index (χ1) is 3.63. The largest absolute Gasteiger partial charge is 0.384 e. The Morgan fingerprint density at radius 3 is 2.50 bits per heavy atom. The summed E-state index contributed by atoms with van der Waals surface area (Å²) in [6.45, 7) is 0. The second kappa shape index (κ2) is 1.94. The summed E-state index contributed by atoms with van der Waals surface area (Å²) in [7, 11) is 2.40. The maximum atomic E-state index is 9.30. The summed E-state index contributed by atoms with van der Waals surface area (Å²) in [4.78, 5) is 0. The molecule has 1 aliphatic carbocycles. The molecular formula is C5H12NOP. The molecule has 8 heavy (non-hydrogen) atoms. The number of aliphatic hydroxyl groups is 1. The van der Waals surface area contributed by atoms with Crippen LogP contribution in [-0.2, 0) is 0 Å². The van der Waals surface area contributed by atoms with Crippen molar-refractivity contribution in [1.29, 1.82) is 0 Å². The second-order valence-corrected chi connectivity index (χ2v) is 3.49. The lowest BCUT2D eigenvalue weighted by atomic mass is 10.2. The number of nitrogens with two attached hydrogens (primary N) is 1. The van der Waals surface area contributed by atoms with E-state index in [9.17, 15) is 5.11 Å². The van der Waals surface area contributed by atoms with E-state index < -0.39 is 5.34 Å². The summed E-state index contributed by atoms with van der Waals surface area (Å²) in [5, 5.41) is 8.65. The van der Waals surface area contributed by atoms with Gasteiger partial charge in [-0.3, -0.25) is 0 Å². The van der Waals surface area contributed by atoms with Crippen molar-refractivity contribution in [2.45, 2.75) is 30.6 Å². The van der Waals surface area contributed by atoms with Gasteiger partial charge in [0.1, 0.15) is 0 Å². The van der Waals surface area contributed by atoms with E-state index in [1.165, 1.54) is 0 Å². The average Bonchev–Trinajstić information content (AvgIpc) is 1.86. The van der Waals surface area contributed by atoms with Gasteiger partial charge in [0.25, 0.3) is 0 Å². The summed E-state index contributed by atoms with van der Waals surface area (Å²) >= 11 is 0. The lowest BCUT2D eigenvalue weighted by molar-refractivity contribution is 0.127. The van der Waals surface area contributed by atoms with Crippen LogP contribution in [0.3, 0.4) is 0 Å². The fourth-order valence-corrected chi connectivity index (χ4v) is 1.41. The summed E-state index contributed by atoms with van der Waals surface area (Å²) in [6.07, 6.45) is 2.85. The van der Waals surface area contributed by atoms with E-state index >= 15 is 0 Å². The Labute approximate surface area is 51.7 Å². The highest BCUT2D eigenvalue weighted by atomic mass is 31.0. The first-order valence-corrected chi connectivity index (χ1v) is 3.47. The number of rotatable bonds is 0. The van der Waals surface area contributed by atoms with Gasteiger partial charge in [0.2, 0.25) is 0 Å². The van der Waals surface area contributed by atoms with E-state index in [1.54, 1.807) is 0 Å².